The van der Waals surface area contributed by atoms with Crippen LogP contribution < -0.4 is 4.74 Å². The molecule has 78 valence electrons. The molecular weight excluding hydrogens is 242 g/mol. The van der Waals surface area contributed by atoms with E-state index < -0.39 is 6.61 Å². The van der Waals surface area contributed by atoms with E-state index in [1.165, 1.54) is 11.8 Å². The second kappa shape index (κ2) is 5.54. The lowest BCUT2D eigenvalue weighted by atomic mass is 10.4. The van der Waals surface area contributed by atoms with E-state index in [9.17, 15) is 8.78 Å². The van der Waals surface area contributed by atoms with E-state index in [2.05, 4.69) is 15.0 Å². The zero-order chi connectivity index (χ0) is 11.3. The van der Waals surface area contributed by atoms with Gasteiger partial charge in [-0.15, -0.1) is 6.42 Å². The number of hydrogen-bond donors (Lipinski definition) is 0. The summed E-state index contributed by atoms with van der Waals surface area (Å²) in [6, 6.07) is 1.76. The molecule has 0 saturated carbocycles. The molecule has 0 aromatic carbocycles. The first-order valence-electron chi connectivity index (χ1n) is 3.60. The molecule has 0 atom stereocenters. The SMILES string of the molecule is C#CCSc1snc(OC(F)F)c1C#N. The Morgan fingerprint density at radius 2 is 2.40 bits per heavy atom. The molecule has 0 amide bonds. The largest absolute Gasteiger partial charge is 0.414 e. The molecule has 1 aromatic heterocycles. The quantitative estimate of drug-likeness (QED) is 0.604. The molecule has 0 aliphatic rings. The van der Waals surface area contributed by atoms with E-state index in [1.807, 2.05) is 0 Å². The van der Waals surface area contributed by atoms with Gasteiger partial charge in [-0.2, -0.15) is 18.4 Å². The van der Waals surface area contributed by atoms with E-state index in [0.29, 0.717) is 9.96 Å². The van der Waals surface area contributed by atoms with Crippen molar-refractivity contribution >= 4 is 23.3 Å². The molecular formula is C8H4F2N2OS2. The monoisotopic (exact) mass is 246 g/mol. The van der Waals surface area contributed by atoms with Crippen LogP contribution in [-0.4, -0.2) is 16.7 Å². The van der Waals surface area contributed by atoms with E-state index in [1.54, 1.807) is 6.07 Å². The number of terminal acetylenes is 1. The van der Waals surface area contributed by atoms with Crippen LogP contribution in [0.25, 0.3) is 0 Å². The Morgan fingerprint density at radius 3 is 2.93 bits per heavy atom. The summed E-state index contributed by atoms with van der Waals surface area (Å²) >= 11 is 2.11. The molecule has 0 spiro atoms. The van der Waals surface area contributed by atoms with Crippen LogP contribution in [0, 0.1) is 23.7 Å². The number of nitriles is 1. The van der Waals surface area contributed by atoms with Crippen molar-refractivity contribution in [2.24, 2.45) is 0 Å². The van der Waals surface area contributed by atoms with Gasteiger partial charge in [0.05, 0.1) is 5.75 Å². The average molecular weight is 246 g/mol. The maximum absolute atomic E-state index is 11.9. The van der Waals surface area contributed by atoms with Crippen LogP contribution in [0.15, 0.2) is 4.21 Å². The van der Waals surface area contributed by atoms with Crippen molar-refractivity contribution in [2.45, 2.75) is 10.8 Å². The molecule has 0 N–H and O–H groups in total. The Balaban J connectivity index is 2.87. The maximum Gasteiger partial charge on any atom is 0.388 e. The van der Waals surface area contributed by atoms with Gasteiger partial charge in [-0.05, 0) is 11.5 Å². The van der Waals surface area contributed by atoms with Gasteiger partial charge >= 0.3 is 6.61 Å². The predicted octanol–water partition coefficient (Wildman–Crippen LogP) is 2.34. The molecule has 0 saturated heterocycles. The Bertz CT molecular complexity index is 419. The second-order valence-corrected chi connectivity index (χ2v) is 4.15. The predicted molar refractivity (Wildman–Crippen MR) is 53.0 cm³/mol. The van der Waals surface area contributed by atoms with Gasteiger partial charge in [0, 0.05) is 0 Å². The van der Waals surface area contributed by atoms with E-state index in [0.717, 1.165) is 11.5 Å². The number of halogens is 2. The Hall–Kier alpha value is -1.31. The fourth-order valence-corrected chi connectivity index (χ4v) is 2.24. The highest BCUT2D eigenvalue weighted by molar-refractivity contribution is 8.01. The zero-order valence-corrected chi connectivity index (χ0v) is 8.87. The molecule has 0 unspecified atom stereocenters. The third-order valence-electron chi connectivity index (χ3n) is 1.23. The summed E-state index contributed by atoms with van der Waals surface area (Å²) in [5.41, 5.74) is 0.0144. The highest BCUT2D eigenvalue weighted by Gasteiger charge is 2.18. The number of rotatable bonds is 4. The Labute approximate surface area is 93.2 Å². The minimum atomic E-state index is -2.98. The third-order valence-corrected chi connectivity index (χ3v) is 3.21. The first kappa shape index (κ1) is 11.8. The summed E-state index contributed by atoms with van der Waals surface area (Å²) in [6.45, 7) is -2.98. The summed E-state index contributed by atoms with van der Waals surface area (Å²) in [6.07, 6.45) is 5.03. The van der Waals surface area contributed by atoms with Gasteiger partial charge in [0.2, 0.25) is 5.88 Å². The van der Waals surface area contributed by atoms with Gasteiger partial charge in [-0.1, -0.05) is 17.7 Å². The maximum atomic E-state index is 11.9. The van der Waals surface area contributed by atoms with Crippen LogP contribution >= 0.6 is 23.3 Å². The van der Waals surface area contributed by atoms with Crippen molar-refractivity contribution in [3.63, 3.8) is 0 Å². The van der Waals surface area contributed by atoms with Crippen molar-refractivity contribution < 1.29 is 13.5 Å². The van der Waals surface area contributed by atoms with Crippen molar-refractivity contribution in [3.05, 3.63) is 5.56 Å². The molecule has 1 rings (SSSR count). The first-order chi connectivity index (χ1) is 7.19. The van der Waals surface area contributed by atoms with Crippen LogP contribution in [0.1, 0.15) is 5.56 Å². The van der Waals surface area contributed by atoms with Crippen LogP contribution in [0.3, 0.4) is 0 Å². The van der Waals surface area contributed by atoms with Crippen molar-refractivity contribution in [1.82, 2.24) is 4.37 Å². The summed E-state index contributed by atoms with van der Waals surface area (Å²) in [5, 5.41) is 8.73. The second-order valence-electron chi connectivity index (χ2n) is 2.13. The van der Waals surface area contributed by atoms with Crippen molar-refractivity contribution in [1.29, 1.82) is 5.26 Å². The number of aromatic nitrogens is 1. The van der Waals surface area contributed by atoms with Crippen LogP contribution in [0.5, 0.6) is 5.88 Å². The Morgan fingerprint density at radius 1 is 1.67 bits per heavy atom. The van der Waals surface area contributed by atoms with Crippen LogP contribution in [0.4, 0.5) is 8.78 Å². The van der Waals surface area contributed by atoms with Crippen molar-refractivity contribution in [3.8, 4) is 24.3 Å². The first-order valence-corrected chi connectivity index (χ1v) is 5.35. The highest BCUT2D eigenvalue weighted by atomic mass is 32.2. The van der Waals surface area contributed by atoms with Gasteiger partial charge < -0.3 is 4.74 Å². The molecule has 7 heteroatoms. The topological polar surface area (TPSA) is 45.9 Å². The molecule has 3 nitrogen and oxygen atoms in total. The molecule has 0 aliphatic carbocycles. The van der Waals surface area contributed by atoms with Gasteiger partial charge in [0.15, 0.2) is 0 Å². The van der Waals surface area contributed by atoms with E-state index >= 15 is 0 Å². The molecule has 0 radical (unpaired) electrons. The van der Waals surface area contributed by atoms with E-state index in [4.69, 9.17) is 11.7 Å². The van der Waals surface area contributed by atoms with Crippen LogP contribution in [-0.2, 0) is 0 Å². The van der Waals surface area contributed by atoms with Crippen LogP contribution in [0.2, 0.25) is 0 Å². The smallest absolute Gasteiger partial charge is 0.388 e. The minimum absolute atomic E-state index is 0.0144. The van der Waals surface area contributed by atoms with Gasteiger partial charge in [0.25, 0.3) is 0 Å². The summed E-state index contributed by atoms with van der Waals surface area (Å²) in [7, 11) is 0. The summed E-state index contributed by atoms with van der Waals surface area (Å²) in [4.78, 5) is 0. The normalized spacial score (nSPS) is 9.67. The highest BCUT2D eigenvalue weighted by Crippen LogP contribution is 2.33. The molecule has 1 heterocycles. The molecule has 0 aliphatic heterocycles. The lowest BCUT2D eigenvalue weighted by Gasteiger charge is -1.99. The molecule has 0 bridgehead atoms. The number of ether oxygens (including phenoxy) is 1. The lowest BCUT2D eigenvalue weighted by Crippen LogP contribution is -2.03. The fourth-order valence-electron chi connectivity index (χ4n) is 0.726. The van der Waals surface area contributed by atoms with E-state index in [-0.39, 0.29) is 11.4 Å². The number of thioether (sulfide) groups is 1. The minimum Gasteiger partial charge on any atom is -0.414 e. The zero-order valence-electron chi connectivity index (χ0n) is 7.24. The molecule has 15 heavy (non-hydrogen) atoms. The lowest BCUT2D eigenvalue weighted by molar-refractivity contribution is -0.0524. The number of alkyl halides is 2. The molecule has 1 aromatic rings. The Kier molecular flexibility index (Phi) is 4.35. The fraction of sp³-hybridized carbons (Fsp3) is 0.250. The summed E-state index contributed by atoms with van der Waals surface area (Å²) < 4.78 is 32.0. The average Bonchev–Trinajstić information content (AvgIpc) is 2.56. The number of hydrogen-bond acceptors (Lipinski definition) is 5. The van der Waals surface area contributed by atoms with Gasteiger partial charge in [-0.3, -0.25) is 0 Å². The third kappa shape index (κ3) is 3.08. The van der Waals surface area contributed by atoms with Gasteiger partial charge in [0.1, 0.15) is 15.8 Å². The standard InChI is InChI=1S/C8H4F2N2OS2/c1-2-3-14-7-5(4-11)6(12-15-7)13-8(9)10/h1,8H,3H2. The summed E-state index contributed by atoms with van der Waals surface area (Å²) in [5.74, 6) is 2.38. The van der Waals surface area contributed by atoms with Gasteiger partial charge in [-0.25, -0.2) is 0 Å². The number of nitrogens with zero attached hydrogens (tertiary/aromatic N) is 2. The molecule has 0 fully saturated rings. The van der Waals surface area contributed by atoms with Crippen molar-refractivity contribution in [2.75, 3.05) is 5.75 Å².